The highest BCUT2D eigenvalue weighted by Gasteiger charge is 2.12. The van der Waals surface area contributed by atoms with Crippen molar-refractivity contribution >= 4 is 5.78 Å². The minimum Gasteiger partial charge on any atom is -0.295 e. The third-order valence-corrected chi connectivity index (χ3v) is 2.11. The van der Waals surface area contributed by atoms with Crippen LogP contribution in [0.5, 0.6) is 0 Å². The van der Waals surface area contributed by atoms with Gasteiger partial charge in [-0.25, -0.2) is 0 Å². The second-order valence-electron chi connectivity index (χ2n) is 3.25. The van der Waals surface area contributed by atoms with Crippen LogP contribution in [0.15, 0.2) is 22.8 Å². The van der Waals surface area contributed by atoms with Gasteiger partial charge in [0.1, 0.15) is 0 Å². The van der Waals surface area contributed by atoms with Gasteiger partial charge in [0.25, 0.3) is 0 Å². The molecule has 0 bridgehead atoms. The predicted octanol–water partition coefficient (Wildman–Crippen LogP) is 2.63. The van der Waals surface area contributed by atoms with Crippen molar-refractivity contribution in [3.05, 3.63) is 22.8 Å². The van der Waals surface area contributed by atoms with Crippen LogP contribution in [0.3, 0.4) is 0 Å². The van der Waals surface area contributed by atoms with Crippen molar-refractivity contribution in [1.82, 2.24) is 0 Å². The number of ketones is 1. The van der Waals surface area contributed by atoms with E-state index in [4.69, 9.17) is 0 Å². The molecule has 60 valence electrons. The van der Waals surface area contributed by atoms with E-state index >= 15 is 0 Å². The van der Waals surface area contributed by atoms with Crippen molar-refractivity contribution in [3.8, 4) is 0 Å². The molecule has 0 aliphatic heterocycles. The lowest BCUT2D eigenvalue weighted by atomic mass is 10.1. The summed E-state index contributed by atoms with van der Waals surface area (Å²) in [5.74, 6) is 0.223. The molecule has 0 N–H and O–H groups in total. The number of carbonyl (C=O) groups is 1. The third-order valence-electron chi connectivity index (χ3n) is 2.11. The summed E-state index contributed by atoms with van der Waals surface area (Å²) >= 11 is 0. The van der Waals surface area contributed by atoms with Gasteiger partial charge in [0.2, 0.25) is 0 Å². The molecule has 0 fully saturated rings. The van der Waals surface area contributed by atoms with Crippen molar-refractivity contribution in [2.45, 2.75) is 33.6 Å². The molecular weight excluding hydrogens is 136 g/mol. The molecule has 1 heteroatoms. The van der Waals surface area contributed by atoms with Crippen LogP contribution in [-0.2, 0) is 4.79 Å². The first kappa shape index (κ1) is 8.25. The van der Waals surface area contributed by atoms with E-state index in [1.165, 1.54) is 11.1 Å². The largest absolute Gasteiger partial charge is 0.295 e. The maximum atomic E-state index is 10.9. The number of carbonyl (C=O) groups excluding carboxylic acids is 1. The SMILES string of the molecule is CC(=O)C1=CC(=C(C)C)CC1. The van der Waals surface area contributed by atoms with Crippen molar-refractivity contribution in [2.75, 3.05) is 0 Å². The smallest absolute Gasteiger partial charge is 0.155 e. The lowest BCUT2D eigenvalue weighted by Crippen LogP contribution is -1.90. The van der Waals surface area contributed by atoms with Gasteiger partial charge in [-0.2, -0.15) is 0 Å². The average molecular weight is 150 g/mol. The standard InChI is InChI=1S/C10H14O/c1-7(2)9-4-5-10(6-9)8(3)11/h6H,4-5H2,1-3H3. The molecule has 1 rings (SSSR count). The number of rotatable bonds is 1. The maximum absolute atomic E-state index is 10.9. The van der Waals surface area contributed by atoms with Crippen LogP contribution < -0.4 is 0 Å². The molecule has 0 unspecified atom stereocenters. The number of hydrogen-bond donors (Lipinski definition) is 0. The topological polar surface area (TPSA) is 17.1 Å². The van der Waals surface area contributed by atoms with E-state index in [-0.39, 0.29) is 5.78 Å². The Balaban J connectivity index is 2.85. The van der Waals surface area contributed by atoms with E-state index in [1.807, 2.05) is 6.08 Å². The van der Waals surface area contributed by atoms with E-state index in [9.17, 15) is 4.79 Å². The van der Waals surface area contributed by atoms with E-state index in [1.54, 1.807) is 6.92 Å². The monoisotopic (exact) mass is 150 g/mol. The normalized spacial score (nSPS) is 16.6. The van der Waals surface area contributed by atoms with Crippen LogP contribution >= 0.6 is 0 Å². The first-order valence-electron chi connectivity index (χ1n) is 3.99. The second-order valence-corrected chi connectivity index (χ2v) is 3.25. The van der Waals surface area contributed by atoms with Gasteiger partial charge in [-0.15, -0.1) is 0 Å². The summed E-state index contributed by atoms with van der Waals surface area (Å²) in [6, 6.07) is 0. The first-order valence-corrected chi connectivity index (χ1v) is 3.99. The lowest BCUT2D eigenvalue weighted by Gasteiger charge is -1.93. The molecule has 0 atom stereocenters. The van der Waals surface area contributed by atoms with E-state index in [2.05, 4.69) is 13.8 Å². The zero-order valence-electron chi connectivity index (χ0n) is 7.40. The summed E-state index contributed by atoms with van der Waals surface area (Å²) < 4.78 is 0. The zero-order valence-corrected chi connectivity index (χ0v) is 7.40. The fourth-order valence-corrected chi connectivity index (χ4v) is 1.30. The van der Waals surface area contributed by atoms with Gasteiger partial charge in [-0.3, -0.25) is 4.79 Å². The van der Waals surface area contributed by atoms with Gasteiger partial charge in [0.15, 0.2) is 5.78 Å². The molecule has 0 aromatic carbocycles. The van der Waals surface area contributed by atoms with Gasteiger partial charge in [-0.05, 0) is 44.8 Å². The van der Waals surface area contributed by atoms with Gasteiger partial charge in [-0.1, -0.05) is 11.6 Å². The minimum absolute atomic E-state index is 0.223. The van der Waals surface area contributed by atoms with Crippen molar-refractivity contribution in [3.63, 3.8) is 0 Å². The summed E-state index contributed by atoms with van der Waals surface area (Å²) in [5, 5.41) is 0. The summed E-state index contributed by atoms with van der Waals surface area (Å²) in [7, 11) is 0. The molecule has 0 aromatic rings. The first-order chi connectivity index (χ1) is 5.11. The van der Waals surface area contributed by atoms with E-state index in [0.29, 0.717) is 0 Å². The van der Waals surface area contributed by atoms with Crippen LogP contribution in [0, 0.1) is 0 Å². The molecule has 11 heavy (non-hydrogen) atoms. The van der Waals surface area contributed by atoms with Gasteiger partial charge in [0.05, 0.1) is 0 Å². The van der Waals surface area contributed by atoms with Gasteiger partial charge in [0, 0.05) is 0 Å². The van der Waals surface area contributed by atoms with Crippen LogP contribution in [-0.4, -0.2) is 5.78 Å². The summed E-state index contributed by atoms with van der Waals surface area (Å²) in [5.41, 5.74) is 3.66. The predicted molar refractivity (Wildman–Crippen MR) is 46.4 cm³/mol. The summed E-state index contributed by atoms with van der Waals surface area (Å²) in [6.45, 7) is 5.82. The molecule has 0 radical (unpaired) electrons. The fraction of sp³-hybridized carbons (Fsp3) is 0.500. The molecule has 1 aliphatic rings. The Hall–Kier alpha value is -0.850. The van der Waals surface area contributed by atoms with Crippen LogP contribution in [0.1, 0.15) is 33.6 Å². The number of allylic oxidation sites excluding steroid dienone is 4. The molecule has 0 heterocycles. The Morgan fingerprint density at radius 2 is 1.91 bits per heavy atom. The minimum atomic E-state index is 0.223. The Morgan fingerprint density at radius 1 is 1.27 bits per heavy atom. The maximum Gasteiger partial charge on any atom is 0.155 e. The number of Topliss-reactive ketones (excluding diaryl/α,β-unsaturated/α-hetero) is 1. The molecule has 1 nitrogen and oxygen atoms in total. The zero-order chi connectivity index (χ0) is 8.43. The quantitative estimate of drug-likeness (QED) is 0.561. The molecule has 1 aliphatic carbocycles. The Bertz CT molecular complexity index is 240. The van der Waals surface area contributed by atoms with Crippen LogP contribution in [0.25, 0.3) is 0 Å². The molecular formula is C10H14O. The summed E-state index contributed by atoms with van der Waals surface area (Å²) in [4.78, 5) is 10.9. The Kier molecular flexibility index (Phi) is 2.28. The van der Waals surface area contributed by atoms with Crippen molar-refractivity contribution in [1.29, 1.82) is 0 Å². The molecule has 0 saturated heterocycles. The third kappa shape index (κ3) is 1.79. The Labute approximate surface area is 67.8 Å². The fourth-order valence-electron chi connectivity index (χ4n) is 1.30. The van der Waals surface area contributed by atoms with Crippen LogP contribution in [0.4, 0.5) is 0 Å². The molecule has 0 saturated carbocycles. The summed E-state index contributed by atoms with van der Waals surface area (Å²) in [6.07, 6.45) is 4.03. The Morgan fingerprint density at radius 3 is 2.18 bits per heavy atom. The highest BCUT2D eigenvalue weighted by Crippen LogP contribution is 2.25. The molecule has 0 aromatic heterocycles. The van der Waals surface area contributed by atoms with Crippen molar-refractivity contribution in [2.24, 2.45) is 0 Å². The average Bonchev–Trinajstić information content (AvgIpc) is 2.33. The molecule has 0 amide bonds. The van der Waals surface area contributed by atoms with E-state index < -0.39 is 0 Å². The highest BCUT2D eigenvalue weighted by molar-refractivity contribution is 5.94. The lowest BCUT2D eigenvalue weighted by molar-refractivity contribution is -0.113. The second kappa shape index (κ2) is 3.04. The molecule has 0 spiro atoms. The van der Waals surface area contributed by atoms with Gasteiger partial charge >= 0.3 is 0 Å². The number of hydrogen-bond acceptors (Lipinski definition) is 1. The van der Waals surface area contributed by atoms with Crippen molar-refractivity contribution < 1.29 is 4.79 Å². The van der Waals surface area contributed by atoms with E-state index in [0.717, 1.165) is 18.4 Å². The van der Waals surface area contributed by atoms with Gasteiger partial charge < -0.3 is 0 Å². The van der Waals surface area contributed by atoms with Crippen LogP contribution in [0.2, 0.25) is 0 Å². The highest BCUT2D eigenvalue weighted by atomic mass is 16.1.